The molecule has 1 aromatic rings. The van der Waals surface area contributed by atoms with E-state index in [1.54, 1.807) is 0 Å². The molecule has 0 N–H and O–H groups in total. The molecule has 0 atom stereocenters. The molecular formula is C13H16BrNO3. The van der Waals surface area contributed by atoms with E-state index in [4.69, 9.17) is 4.74 Å². The van der Waals surface area contributed by atoms with Crippen molar-refractivity contribution in [2.45, 2.75) is 32.6 Å². The summed E-state index contributed by atoms with van der Waals surface area (Å²) in [5, 5.41) is 11.1. The first-order chi connectivity index (χ1) is 8.54. The lowest BCUT2D eigenvalue weighted by Gasteiger charge is -2.13. The summed E-state index contributed by atoms with van der Waals surface area (Å²) in [7, 11) is 1.50. The third-order valence-corrected chi connectivity index (χ3v) is 4.31. The van der Waals surface area contributed by atoms with E-state index >= 15 is 0 Å². The number of halogens is 1. The molecule has 18 heavy (non-hydrogen) atoms. The van der Waals surface area contributed by atoms with E-state index in [2.05, 4.69) is 15.9 Å². The van der Waals surface area contributed by atoms with Crippen molar-refractivity contribution in [1.29, 1.82) is 0 Å². The molecule has 0 radical (unpaired) electrons. The number of nitrogens with zero attached hydrogens (tertiary/aromatic N) is 1. The van der Waals surface area contributed by atoms with Gasteiger partial charge in [0.2, 0.25) is 0 Å². The second-order valence-electron chi connectivity index (χ2n) is 4.75. The van der Waals surface area contributed by atoms with E-state index in [0.29, 0.717) is 5.75 Å². The number of hydrogen-bond donors (Lipinski definition) is 0. The molecule has 0 heterocycles. The first-order valence-electron chi connectivity index (χ1n) is 6.05. The van der Waals surface area contributed by atoms with E-state index in [0.717, 1.165) is 34.4 Å². The lowest BCUT2D eigenvalue weighted by atomic mass is 10.00. The molecule has 2 rings (SSSR count). The maximum atomic E-state index is 11.1. The van der Waals surface area contributed by atoms with Gasteiger partial charge < -0.3 is 4.74 Å². The van der Waals surface area contributed by atoms with Crippen LogP contribution >= 0.6 is 15.9 Å². The van der Waals surface area contributed by atoms with Gasteiger partial charge in [0.25, 0.3) is 0 Å². The summed E-state index contributed by atoms with van der Waals surface area (Å²) in [6.07, 6.45) is 4.51. The summed E-state index contributed by atoms with van der Waals surface area (Å²) < 4.78 is 6.04. The molecule has 0 bridgehead atoms. The van der Waals surface area contributed by atoms with Crippen LogP contribution in [0.1, 0.15) is 30.4 Å². The number of ether oxygens (including phenoxy) is 1. The fourth-order valence-electron chi connectivity index (χ4n) is 2.18. The Balaban J connectivity index is 2.41. The molecule has 5 heteroatoms. The molecule has 4 nitrogen and oxygen atoms in total. The predicted octanol–water partition coefficient (Wildman–Crippen LogP) is 4.02. The van der Waals surface area contributed by atoms with Gasteiger partial charge in [-0.15, -0.1) is 0 Å². The summed E-state index contributed by atoms with van der Waals surface area (Å²) in [5.74, 6) is 1.22. The number of nitro benzene ring substituents is 1. The van der Waals surface area contributed by atoms with E-state index in [-0.39, 0.29) is 10.6 Å². The van der Waals surface area contributed by atoms with Gasteiger partial charge in [0.15, 0.2) is 5.75 Å². The van der Waals surface area contributed by atoms with Gasteiger partial charge in [0.05, 0.1) is 12.0 Å². The third-order valence-electron chi connectivity index (χ3n) is 3.48. The van der Waals surface area contributed by atoms with Crippen LogP contribution in [0.15, 0.2) is 10.5 Å². The highest BCUT2D eigenvalue weighted by Crippen LogP contribution is 2.41. The average Bonchev–Trinajstić information content (AvgIpc) is 3.14. The van der Waals surface area contributed by atoms with Crippen molar-refractivity contribution in [2.75, 3.05) is 7.11 Å². The maximum Gasteiger partial charge on any atom is 0.312 e. The van der Waals surface area contributed by atoms with E-state index in [1.807, 2.05) is 6.92 Å². The van der Waals surface area contributed by atoms with Gasteiger partial charge in [-0.2, -0.15) is 0 Å². The molecule has 1 fully saturated rings. The first kappa shape index (κ1) is 13.3. The third kappa shape index (κ3) is 2.66. The Morgan fingerprint density at radius 3 is 2.72 bits per heavy atom. The Morgan fingerprint density at radius 1 is 1.56 bits per heavy atom. The van der Waals surface area contributed by atoms with E-state index in [9.17, 15) is 10.1 Å². The van der Waals surface area contributed by atoms with Gasteiger partial charge in [-0.05, 0) is 31.2 Å². The molecule has 1 aliphatic carbocycles. The Morgan fingerprint density at radius 2 is 2.22 bits per heavy atom. The van der Waals surface area contributed by atoms with Crippen molar-refractivity contribution in [2.24, 2.45) is 5.92 Å². The maximum absolute atomic E-state index is 11.1. The number of rotatable bonds is 5. The quantitative estimate of drug-likeness (QED) is 0.609. The largest absolute Gasteiger partial charge is 0.490 e. The molecule has 0 unspecified atom stereocenters. The Hall–Kier alpha value is -1.10. The van der Waals surface area contributed by atoms with Crippen molar-refractivity contribution in [3.05, 3.63) is 31.8 Å². The lowest BCUT2D eigenvalue weighted by molar-refractivity contribution is -0.385. The minimum Gasteiger partial charge on any atom is -0.490 e. The normalized spacial score (nSPS) is 14.6. The fourth-order valence-corrected chi connectivity index (χ4v) is 2.64. The Labute approximate surface area is 115 Å². The van der Waals surface area contributed by atoms with Crippen LogP contribution in [0.5, 0.6) is 5.75 Å². The van der Waals surface area contributed by atoms with Crippen LogP contribution in [0.4, 0.5) is 5.69 Å². The summed E-state index contributed by atoms with van der Waals surface area (Å²) in [4.78, 5) is 10.7. The van der Waals surface area contributed by atoms with Crippen LogP contribution in [0.25, 0.3) is 0 Å². The van der Waals surface area contributed by atoms with Gasteiger partial charge in [-0.1, -0.05) is 28.8 Å². The van der Waals surface area contributed by atoms with Crippen LogP contribution in [0.3, 0.4) is 0 Å². The van der Waals surface area contributed by atoms with Crippen molar-refractivity contribution >= 4 is 21.6 Å². The highest BCUT2D eigenvalue weighted by Gasteiger charge is 2.26. The molecule has 0 aromatic heterocycles. The lowest BCUT2D eigenvalue weighted by Crippen LogP contribution is -2.02. The second-order valence-corrected chi connectivity index (χ2v) is 5.61. The number of benzene rings is 1. The summed E-state index contributed by atoms with van der Waals surface area (Å²) in [5.41, 5.74) is 2.05. The topological polar surface area (TPSA) is 52.4 Å². The Bertz CT molecular complexity index is 484. The molecule has 0 saturated heterocycles. The smallest absolute Gasteiger partial charge is 0.312 e. The highest BCUT2D eigenvalue weighted by atomic mass is 79.9. The zero-order valence-corrected chi connectivity index (χ0v) is 12.1. The van der Waals surface area contributed by atoms with Gasteiger partial charge in [0.1, 0.15) is 0 Å². The van der Waals surface area contributed by atoms with Crippen molar-refractivity contribution in [3.63, 3.8) is 0 Å². The number of hydrogen-bond acceptors (Lipinski definition) is 3. The van der Waals surface area contributed by atoms with Crippen LogP contribution in [0.2, 0.25) is 0 Å². The van der Waals surface area contributed by atoms with Crippen molar-refractivity contribution < 1.29 is 9.66 Å². The van der Waals surface area contributed by atoms with Crippen LogP contribution in [-0.2, 0) is 6.42 Å². The summed E-state index contributed by atoms with van der Waals surface area (Å²) in [6.45, 7) is 1.97. The molecule has 1 saturated carbocycles. The second kappa shape index (κ2) is 5.26. The molecule has 1 aromatic carbocycles. The van der Waals surface area contributed by atoms with Crippen LogP contribution in [0, 0.1) is 23.0 Å². The monoisotopic (exact) mass is 313 g/mol. The van der Waals surface area contributed by atoms with Crippen molar-refractivity contribution in [1.82, 2.24) is 0 Å². The molecular weight excluding hydrogens is 298 g/mol. The number of methoxy groups -OCH3 is 1. The minimum atomic E-state index is -0.385. The van der Waals surface area contributed by atoms with Crippen LogP contribution in [-0.4, -0.2) is 12.0 Å². The molecule has 0 aliphatic heterocycles. The van der Waals surface area contributed by atoms with Gasteiger partial charge in [0, 0.05) is 16.1 Å². The Kier molecular flexibility index (Phi) is 3.90. The van der Waals surface area contributed by atoms with Gasteiger partial charge in [-0.3, -0.25) is 10.1 Å². The van der Waals surface area contributed by atoms with Crippen molar-refractivity contribution in [3.8, 4) is 5.75 Å². The average molecular weight is 314 g/mol. The van der Waals surface area contributed by atoms with E-state index < -0.39 is 0 Å². The standard InChI is InChI=1S/C13H16BrNO3/c1-8-10(6-5-9-3-4-9)13(18-2)12(15(16)17)7-11(8)14/h7,9H,3-6H2,1-2H3. The summed E-state index contributed by atoms with van der Waals surface area (Å²) >= 11 is 3.39. The van der Waals surface area contributed by atoms with E-state index in [1.165, 1.54) is 26.0 Å². The first-order valence-corrected chi connectivity index (χ1v) is 6.84. The molecule has 98 valence electrons. The van der Waals surface area contributed by atoms with Crippen LogP contribution < -0.4 is 4.74 Å². The minimum absolute atomic E-state index is 0.0424. The zero-order valence-electron chi connectivity index (χ0n) is 10.5. The zero-order chi connectivity index (χ0) is 13.3. The summed E-state index contributed by atoms with van der Waals surface area (Å²) in [6, 6.07) is 1.52. The molecule has 1 aliphatic rings. The highest BCUT2D eigenvalue weighted by molar-refractivity contribution is 9.10. The molecule has 0 amide bonds. The number of nitro groups is 1. The SMILES string of the molecule is COc1c([N+](=O)[O-])cc(Br)c(C)c1CCC1CC1. The van der Waals surface area contributed by atoms with Gasteiger partial charge in [-0.25, -0.2) is 0 Å². The molecule has 0 spiro atoms. The predicted molar refractivity (Wildman–Crippen MR) is 73.1 cm³/mol. The fraction of sp³-hybridized carbons (Fsp3) is 0.538. The van der Waals surface area contributed by atoms with Gasteiger partial charge >= 0.3 is 5.69 Å².